The first-order chi connectivity index (χ1) is 9.50. The predicted molar refractivity (Wildman–Crippen MR) is 78.0 cm³/mol. The Kier molecular flexibility index (Phi) is 4.20. The first-order valence-electron chi connectivity index (χ1n) is 6.10. The van der Waals surface area contributed by atoms with Crippen molar-refractivity contribution >= 4 is 23.2 Å². The number of nitrogens with zero attached hydrogens (tertiary/aromatic N) is 2. The van der Waals surface area contributed by atoms with Gasteiger partial charge in [0.05, 0.1) is 0 Å². The molecule has 6 heteroatoms. The standard InChI is InChI=1S/C14H14ClN3O2/c1-9-11(15)5-3-6-12(9)17-14(20)10(2)18-13(19)7-4-8-16-18/h3-8,10H,1-2H3,(H,17,20). The highest BCUT2D eigenvalue weighted by molar-refractivity contribution is 6.31. The fourth-order valence-electron chi connectivity index (χ4n) is 1.75. The van der Waals surface area contributed by atoms with E-state index in [0.29, 0.717) is 10.7 Å². The third-order valence-corrected chi connectivity index (χ3v) is 3.42. The van der Waals surface area contributed by atoms with Gasteiger partial charge in [-0.1, -0.05) is 17.7 Å². The van der Waals surface area contributed by atoms with Crippen molar-refractivity contribution in [2.45, 2.75) is 19.9 Å². The van der Waals surface area contributed by atoms with Crippen molar-refractivity contribution in [2.75, 3.05) is 5.32 Å². The molecule has 1 aromatic carbocycles. The van der Waals surface area contributed by atoms with Gasteiger partial charge in [0.15, 0.2) is 0 Å². The van der Waals surface area contributed by atoms with Gasteiger partial charge in [0.1, 0.15) is 6.04 Å². The zero-order chi connectivity index (χ0) is 14.7. The number of carbonyl (C=O) groups excluding carboxylic acids is 1. The first kappa shape index (κ1) is 14.3. The normalized spacial score (nSPS) is 11.9. The van der Waals surface area contributed by atoms with Crippen LogP contribution in [0.1, 0.15) is 18.5 Å². The Morgan fingerprint density at radius 2 is 2.10 bits per heavy atom. The Bertz CT molecular complexity index is 697. The lowest BCUT2D eigenvalue weighted by molar-refractivity contribution is -0.119. The van der Waals surface area contributed by atoms with Crippen molar-refractivity contribution in [1.29, 1.82) is 0 Å². The molecule has 0 bridgehead atoms. The van der Waals surface area contributed by atoms with Crippen LogP contribution in [0.15, 0.2) is 41.3 Å². The van der Waals surface area contributed by atoms with Crippen LogP contribution in [-0.2, 0) is 4.79 Å². The molecular weight excluding hydrogens is 278 g/mol. The molecule has 20 heavy (non-hydrogen) atoms. The second-order valence-corrected chi connectivity index (χ2v) is 4.79. The molecule has 1 atom stereocenters. The van der Waals surface area contributed by atoms with Crippen LogP contribution in [0.3, 0.4) is 0 Å². The zero-order valence-electron chi connectivity index (χ0n) is 11.1. The minimum absolute atomic E-state index is 0.321. The molecule has 2 rings (SSSR count). The second-order valence-electron chi connectivity index (χ2n) is 4.38. The van der Waals surface area contributed by atoms with Crippen LogP contribution in [0.4, 0.5) is 5.69 Å². The summed E-state index contributed by atoms with van der Waals surface area (Å²) in [5.74, 6) is -0.323. The summed E-state index contributed by atoms with van der Waals surface area (Å²) in [6.07, 6.45) is 1.47. The van der Waals surface area contributed by atoms with Crippen molar-refractivity contribution in [1.82, 2.24) is 9.78 Å². The summed E-state index contributed by atoms with van der Waals surface area (Å²) in [4.78, 5) is 23.8. The monoisotopic (exact) mass is 291 g/mol. The van der Waals surface area contributed by atoms with Crippen LogP contribution in [-0.4, -0.2) is 15.7 Å². The maximum absolute atomic E-state index is 12.2. The van der Waals surface area contributed by atoms with Crippen LogP contribution in [0.5, 0.6) is 0 Å². The highest BCUT2D eigenvalue weighted by Crippen LogP contribution is 2.23. The molecule has 1 aromatic heterocycles. The van der Waals surface area contributed by atoms with Gasteiger partial charge >= 0.3 is 0 Å². The fraction of sp³-hybridized carbons (Fsp3) is 0.214. The van der Waals surface area contributed by atoms with E-state index in [0.717, 1.165) is 10.2 Å². The number of nitrogens with one attached hydrogen (secondary N) is 1. The number of benzene rings is 1. The topological polar surface area (TPSA) is 64.0 Å². The van der Waals surface area contributed by atoms with E-state index >= 15 is 0 Å². The molecule has 0 aliphatic heterocycles. The maximum Gasteiger partial charge on any atom is 0.267 e. The number of amides is 1. The summed E-state index contributed by atoms with van der Waals surface area (Å²) >= 11 is 6.00. The molecule has 0 aliphatic rings. The van der Waals surface area contributed by atoms with Crippen molar-refractivity contribution in [3.05, 3.63) is 57.5 Å². The van der Waals surface area contributed by atoms with Gasteiger partial charge in [-0.25, -0.2) is 4.68 Å². The number of halogens is 1. The highest BCUT2D eigenvalue weighted by Gasteiger charge is 2.17. The molecule has 1 amide bonds. The number of carbonyl (C=O) groups is 1. The summed E-state index contributed by atoms with van der Waals surface area (Å²) in [7, 11) is 0. The average Bonchev–Trinajstić information content (AvgIpc) is 2.43. The lowest BCUT2D eigenvalue weighted by atomic mass is 10.2. The van der Waals surface area contributed by atoms with Crippen molar-refractivity contribution in [3.63, 3.8) is 0 Å². The molecule has 0 saturated heterocycles. The Morgan fingerprint density at radius 1 is 1.35 bits per heavy atom. The summed E-state index contributed by atoms with van der Waals surface area (Å²) in [6, 6.07) is 7.45. The Morgan fingerprint density at radius 3 is 2.80 bits per heavy atom. The van der Waals surface area contributed by atoms with Gasteiger partial charge in [0.2, 0.25) is 5.91 Å². The van der Waals surface area contributed by atoms with Crippen LogP contribution < -0.4 is 10.9 Å². The van der Waals surface area contributed by atoms with E-state index < -0.39 is 6.04 Å². The molecule has 1 unspecified atom stereocenters. The largest absolute Gasteiger partial charge is 0.324 e. The van der Waals surface area contributed by atoms with Gasteiger partial charge in [-0.2, -0.15) is 5.10 Å². The van der Waals surface area contributed by atoms with Crippen LogP contribution >= 0.6 is 11.6 Å². The first-order valence-corrected chi connectivity index (χ1v) is 6.48. The molecule has 0 spiro atoms. The van der Waals surface area contributed by atoms with Gasteiger partial charge in [-0.15, -0.1) is 0 Å². The van der Waals surface area contributed by atoms with Crippen LogP contribution in [0.25, 0.3) is 0 Å². The van der Waals surface area contributed by atoms with E-state index in [4.69, 9.17) is 11.6 Å². The number of hydrogen-bond donors (Lipinski definition) is 1. The number of aromatic nitrogens is 2. The molecule has 5 nitrogen and oxygen atoms in total. The molecule has 104 valence electrons. The van der Waals surface area contributed by atoms with Gasteiger partial charge in [-0.3, -0.25) is 9.59 Å². The molecule has 2 aromatic rings. The van der Waals surface area contributed by atoms with Crippen molar-refractivity contribution < 1.29 is 4.79 Å². The minimum Gasteiger partial charge on any atom is -0.324 e. The molecule has 0 radical (unpaired) electrons. The van der Waals surface area contributed by atoms with E-state index in [1.165, 1.54) is 18.3 Å². The van der Waals surface area contributed by atoms with E-state index in [2.05, 4.69) is 10.4 Å². The fourth-order valence-corrected chi connectivity index (χ4v) is 1.93. The molecule has 0 aliphatic carbocycles. The lowest BCUT2D eigenvalue weighted by Gasteiger charge is -2.15. The smallest absolute Gasteiger partial charge is 0.267 e. The average molecular weight is 292 g/mol. The summed E-state index contributed by atoms with van der Waals surface area (Å²) in [6.45, 7) is 3.43. The summed E-state index contributed by atoms with van der Waals surface area (Å²) in [5.41, 5.74) is 1.08. The molecule has 1 heterocycles. The van der Waals surface area contributed by atoms with E-state index in [1.807, 2.05) is 6.92 Å². The molecular formula is C14H14ClN3O2. The van der Waals surface area contributed by atoms with Gasteiger partial charge < -0.3 is 5.32 Å². The molecule has 0 saturated carbocycles. The minimum atomic E-state index is -0.706. The number of hydrogen-bond acceptors (Lipinski definition) is 3. The maximum atomic E-state index is 12.2. The third-order valence-electron chi connectivity index (χ3n) is 3.01. The SMILES string of the molecule is Cc1c(Cl)cccc1NC(=O)C(C)n1ncccc1=O. The van der Waals surface area contributed by atoms with Gasteiger partial charge in [0.25, 0.3) is 5.56 Å². The van der Waals surface area contributed by atoms with Crippen LogP contribution in [0, 0.1) is 6.92 Å². The summed E-state index contributed by atoms with van der Waals surface area (Å²) in [5, 5.41) is 7.23. The van der Waals surface area contributed by atoms with Gasteiger partial charge in [0, 0.05) is 23.0 Å². The van der Waals surface area contributed by atoms with Crippen molar-refractivity contribution in [3.8, 4) is 0 Å². The lowest BCUT2D eigenvalue weighted by Crippen LogP contribution is -2.32. The summed E-state index contributed by atoms with van der Waals surface area (Å²) < 4.78 is 1.13. The van der Waals surface area contributed by atoms with E-state index in [9.17, 15) is 9.59 Å². The number of anilines is 1. The third kappa shape index (κ3) is 2.88. The predicted octanol–water partition coefficient (Wildman–Crippen LogP) is 2.40. The zero-order valence-corrected chi connectivity index (χ0v) is 11.9. The molecule has 1 N–H and O–H groups in total. The van der Waals surface area contributed by atoms with E-state index in [1.54, 1.807) is 25.1 Å². The van der Waals surface area contributed by atoms with Crippen LogP contribution in [0.2, 0.25) is 5.02 Å². The van der Waals surface area contributed by atoms with Gasteiger partial charge in [-0.05, 0) is 37.6 Å². The second kappa shape index (κ2) is 5.88. The quantitative estimate of drug-likeness (QED) is 0.944. The molecule has 0 fully saturated rings. The Balaban J connectivity index is 2.23. The highest BCUT2D eigenvalue weighted by atomic mass is 35.5. The van der Waals surface area contributed by atoms with E-state index in [-0.39, 0.29) is 11.5 Å². The van der Waals surface area contributed by atoms with Crippen molar-refractivity contribution in [2.24, 2.45) is 0 Å². The Labute approximate surface area is 121 Å². The number of rotatable bonds is 3. The Hall–Kier alpha value is -2.14.